The first-order valence-corrected chi connectivity index (χ1v) is 42.1. The van der Waals surface area contributed by atoms with Crippen LogP contribution >= 0.6 is 0 Å². The smallest absolute Gasteiger partial charge is 0.0354 e. The second-order valence-corrected chi connectivity index (χ2v) is 36.7. The Morgan fingerprint density at radius 3 is 0.489 bits per heavy atom. The van der Waals surface area contributed by atoms with E-state index in [2.05, 4.69) is 208 Å². The second-order valence-electron chi connectivity index (χ2n) is 36.7. The molecule has 0 aromatic rings. The van der Waals surface area contributed by atoms with Gasteiger partial charge >= 0.3 is 0 Å². The molecule has 0 bridgehead atoms. The molecule has 3 unspecified atom stereocenters. The lowest BCUT2D eigenvalue weighted by Crippen LogP contribution is -2.20. The summed E-state index contributed by atoms with van der Waals surface area (Å²) < 4.78 is 0. The summed E-state index contributed by atoms with van der Waals surface area (Å²) in [6.07, 6.45) is 68.0. The van der Waals surface area contributed by atoms with E-state index >= 15 is 0 Å². The molecule has 0 aliphatic carbocycles. The zero-order valence-corrected chi connectivity index (χ0v) is 70.4. The number of unbranched alkanes of at least 4 members (excludes halogenated alkanes) is 23. The summed E-state index contributed by atoms with van der Waals surface area (Å²) in [5.41, 5.74) is 3.09. The molecule has 0 rings (SSSR count). The van der Waals surface area contributed by atoms with Crippen LogP contribution in [0.5, 0.6) is 0 Å². The van der Waals surface area contributed by atoms with Gasteiger partial charge in [0, 0.05) is 0 Å². The topological polar surface area (TPSA) is 0 Å². The predicted molar refractivity (Wildman–Crippen MR) is 427 cm³/mol. The lowest BCUT2D eigenvalue weighted by molar-refractivity contribution is 0.201. The summed E-state index contributed by atoms with van der Waals surface area (Å²) in [7, 11) is 0. The van der Waals surface area contributed by atoms with E-state index in [-0.39, 0.29) is 0 Å². The van der Waals surface area contributed by atoms with Gasteiger partial charge in [-0.1, -0.05) is 458 Å². The normalized spacial score (nSPS) is 13.3. The molecule has 0 amide bonds. The standard InChI is InChI=1S/C18H38.C17H36.C16H34.C15H32.C13H28.C11H24/c1-6-8-10-12-14-17(16-18(3,4)5)15-13-11-9-7-2;1-6-8-10-12-14-16(17(3,4)5)15-13-11-9-7-2;1-6-8-10-11-13-15(12-9-7-2)14-16(3,4)5;1-6-8-10-11-13-14(12-9-7-2)15(3,4)5;1-6-8-10-12(11-9-7-2)13(3,4)5;1-6-8-9-10(7-2)11(3,4)5/h17H,6-16H2,1-5H3;16H,6-15H2,1-5H3;15H,6-14H2,1-5H3;14H,6-13H2,1-5H3;12H,6-11H2,1-5H3;10H,6-9H2,1-5H3. The molecule has 0 aliphatic rings. The highest BCUT2D eigenvalue weighted by Crippen LogP contribution is 2.38. The van der Waals surface area contributed by atoms with Gasteiger partial charge in [-0.25, -0.2) is 0 Å². The fourth-order valence-corrected chi connectivity index (χ4v) is 14.0. The molecule has 0 aliphatic heterocycles. The molecule has 0 fully saturated rings. The zero-order chi connectivity index (χ0) is 70.4. The maximum atomic E-state index is 2.43. The van der Waals surface area contributed by atoms with E-state index in [1.54, 1.807) is 0 Å². The zero-order valence-electron chi connectivity index (χ0n) is 70.4. The summed E-state index contributed by atoms with van der Waals surface area (Å²) in [5, 5.41) is 0. The fraction of sp³-hybridized carbons (Fsp3) is 1.00. The van der Waals surface area contributed by atoms with Gasteiger partial charge in [0.2, 0.25) is 0 Å². The first kappa shape index (κ1) is 101. The highest BCUT2D eigenvalue weighted by atomic mass is 14.3. The third kappa shape index (κ3) is 78.7. The van der Waals surface area contributed by atoms with Gasteiger partial charge in [-0.2, -0.15) is 0 Å². The Bertz CT molecular complexity index is 1270. The molecule has 0 radical (unpaired) electrons. The van der Waals surface area contributed by atoms with Crippen LogP contribution in [0.2, 0.25) is 0 Å². The average molecular weight is 1270 g/mol. The Morgan fingerprint density at radius 1 is 0.167 bits per heavy atom. The molecular weight excluding hydrogens is 1080 g/mol. The maximum absolute atomic E-state index is 2.43. The van der Waals surface area contributed by atoms with Gasteiger partial charge in [0.05, 0.1) is 0 Å². The lowest BCUT2D eigenvalue weighted by atomic mass is 9.75. The largest absolute Gasteiger partial charge is 0.0654 e. The van der Waals surface area contributed by atoms with E-state index in [1.165, 1.54) is 308 Å². The predicted octanol–water partition coefficient (Wildman–Crippen LogP) is 34.9. The van der Waals surface area contributed by atoms with E-state index in [0.717, 1.165) is 35.5 Å². The van der Waals surface area contributed by atoms with Crippen molar-refractivity contribution in [3.8, 4) is 0 Å². The van der Waals surface area contributed by atoms with Crippen LogP contribution in [0, 0.1) is 68.0 Å². The lowest BCUT2D eigenvalue weighted by Gasteiger charge is -2.31. The van der Waals surface area contributed by atoms with Crippen LogP contribution in [0.1, 0.15) is 516 Å². The van der Waals surface area contributed by atoms with E-state index in [0.29, 0.717) is 32.5 Å². The monoisotopic (exact) mass is 1270 g/mol. The Hall–Kier alpha value is 0. The van der Waals surface area contributed by atoms with Crippen molar-refractivity contribution in [2.75, 3.05) is 0 Å². The van der Waals surface area contributed by atoms with Crippen LogP contribution in [-0.4, -0.2) is 0 Å². The Labute approximate surface area is 580 Å². The maximum Gasteiger partial charge on any atom is -0.0354 e. The van der Waals surface area contributed by atoms with Crippen molar-refractivity contribution in [2.24, 2.45) is 68.0 Å². The third-order valence-electron chi connectivity index (χ3n) is 20.4. The molecule has 3 atom stereocenters. The second kappa shape index (κ2) is 66.2. The highest BCUT2D eigenvalue weighted by Gasteiger charge is 2.26. The van der Waals surface area contributed by atoms with Gasteiger partial charge in [0.1, 0.15) is 0 Å². The van der Waals surface area contributed by atoms with Crippen molar-refractivity contribution in [1.82, 2.24) is 0 Å². The van der Waals surface area contributed by atoms with Gasteiger partial charge < -0.3 is 0 Å². The van der Waals surface area contributed by atoms with Gasteiger partial charge in [-0.3, -0.25) is 0 Å². The van der Waals surface area contributed by atoms with E-state index in [1.807, 2.05) is 0 Å². The molecule has 0 nitrogen and oxygen atoms in total. The quantitative estimate of drug-likeness (QED) is 0.0533. The van der Waals surface area contributed by atoms with Gasteiger partial charge in [-0.05, 0) is 126 Å². The summed E-state index contributed by atoms with van der Waals surface area (Å²) in [6.45, 7) is 70.7. The summed E-state index contributed by atoms with van der Waals surface area (Å²) >= 11 is 0. The van der Waals surface area contributed by atoms with E-state index in [4.69, 9.17) is 0 Å². The Balaban J connectivity index is -0.000000237. The van der Waals surface area contributed by atoms with Crippen LogP contribution in [0.25, 0.3) is 0 Å². The first-order valence-electron chi connectivity index (χ1n) is 42.1. The Morgan fingerprint density at radius 2 is 0.322 bits per heavy atom. The van der Waals surface area contributed by atoms with Crippen molar-refractivity contribution in [1.29, 1.82) is 0 Å². The molecule has 0 N–H and O–H groups in total. The van der Waals surface area contributed by atoms with Gasteiger partial charge in [0.25, 0.3) is 0 Å². The van der Waals surface area contributed by atoms with E-state index in [9.17, 15) is 0 Å². The first-order chi connectivity index (χ1) is 42.1. The minimum absolute atomic E-state index is 0.512. The Kier molecular flexibility index (Phi) is 74.4. The van der Waals surface area contributed by atoms with Crippen LogP contribution < -0.4 is 0 Å². The van der Waals surface area contributed by atoms with Crippen LogP contribution in [0.15, 0.2) is 0 Å². The molecule has 0 spiro atoms. The average Bonchev–Trinajstić information content (AvgIpc) is 3.58. The fourth-order valence-electron chi connectivity index (χ4n) is 14.0. The third-order valence-corrected chi connectivity index (χ3v) is 20.4. The van der Waals surface area contributed by atoms with Crippen molar-refractivity contribution in [2.45, 2.75) is 516 Å². The van der Waals surface area contributed by atoms with Gasteiger partial charge in [-0.15, -0.1) is 0 Å². The summed E-state index contributed by atoms with van der Waals surface area (Å²) in [5.74, 6) is 5.70. The molecule has 0 heteroatoms. The number of hydrogen-bond acceptors (Lipinski definition) is 0. The van der Waals surface area contributed by atoms with Crippen LogP contribution in [0.3, 0.4) is 0 Å². The van der Waals surface area contributed by atoms with Crippen molar-refractivity contribution in [3.63, 3.8) is 0 Å². The number of hydrogen-bond donors (Lipinski definition) is 0. The summed E-state index contributed by atoms with van der Waals surface area (Å²) in [6, 6.07) is 0. The minimum Gasteiger partial charge on any atom is -0.0654 e. The molecule has 0 saturated carbocycles. The van der Waals surface area contributed by atoms with Crippen LogP contribution in [-0.2, 0) is 0 Å². The molecule has 0 aromatic heterocycles. The van der Waals surface area contributed by atoms with E-state index < -0.39 is 0 Å². The molecule has 0 saturated heterocycles. The molecular formula is C90H192. The molecule has 0 heterocycles. The minimum atomic E-state index is 0.512. The van der Waals surface area contributed by atoms with Crippen molar-refractivity contribution in [3.05, 3.63) is 0 Å². The molecule has 90 heavy (non-hydrogen) atoms. The number of rotatable bonds is 48. The van der Waals surface area contributed by atoms with Gasteiger partial charge in [0.15, 0.2) is 0 Å². The molecule has 0 aromatic carbocycles. The summed E-state index contributed by atoms with van der Waals surface area (Å²) in [4.78, 5) is 0. The highest BCUT2D eigenvalue weighted by molar-refractivity contribution is 4.78. The SMILES string of the molecule is CCCCC(CC)C(C)(C)C.CCCCC(CCCC)C(C)(C)C.CCCCCCC(CCCC)C(C)(C)C.CCCCCCC(CCCC)CC(C)(C)C.CCCCCCC(CCCCCC)C(C)(C)C.CCCCCCC(CCCCCC)CC(C)(C)C. The molecule has 552 valence electrons. The van der Waals surface area contributed by atoms with Crippen molar-refractivity contribution >= 4 is 0 Å². The van der Waals surface area contributed by atoms with Crippen LogP contribution in [0.4, 0.5) is 0 Å². The van der Waals surface area contributed by atoms with Crippen molar-refractivity contribution < 1.29 is 0 Å².